The molecule has 2 aromatic carbocycles. The summed E-state index contributed by atoms with van der Waals surface area (Å²) in [5, 5.41) is 3.51. The van der Waals surface area contributed by atoms with Crippen LogP contribution in [-0.4, -0.2) is 31.1 Å². The van der Waals surface area contributed by atoms with Crippen molar-refractivity contribution in [2.24, 2.45) is 0 Å². The van der Waals surface area contributed by atoms with Crippen LogP contribution in [0.15, 0.2) is 48.5 Å². The fraction of sp³-hybridized carbons (Fsp3) is 0.333. The number of benzene rings is 2. The van der Waals surface area contributed by atoms with Gasteiger partial charge < -0.3 is 11.1 Å². The van der Waals surface area contributed by atoms with Gasteiger partial charge >= 0.3 is 0 Å². The van der Waals surface area contributed by atoms with E-state index in [0.717, 1.165) is 31.9 Å². The Kier molecular flexibility index (Phi) is 3.17. The highest BCUT2D eigenvalue weighted by Crippen LogP contribution is 2.42. The molecule has 0 aliphatic carbocycles. The minimum atomic E-state index is 0.426. The lowest BCUT2D eigenvalue weighted by atomic mass is 9.80. The zero-order valence-corrected chi connectivity index (χ0v) is 12.1. The molecule has 0 bridgehead atoms. The fourth-order valence-corrected chi connectivity index (χ4v) is 3.84. The smallest absolute Gasteiger partial charge is 0.0496 e. The number of nitrogens with one attached hydrogen (secondary N) is 1. The van der Waals surface area contributed by atoms with Crippen molar-refractivity contribution in [1.82, 2.24) is 10.2 Å². The molecule has 4 rings (SSSR count). The minimum Gasteiger partial charge on any atom is -0.398 e. The number of nitrogen functional groups attached to an aromatic ring is 1. The Labute approximate surface area is 125 Å². The molecule has 2 aliphatic heterocycles. The predicted octanol–water partition coefficient (Wildman–Crippen LogP) is 2.36. The van der Waals surface area contributed by atoms with E-state index in [1.165, 1.54) is 16.7 Å². The number of nitrogens with zero attached hydrogens (tertiary/aromatic N) is 1. The zero-order valence-electron chi connectivity index (χ0n) is 12.1. The van der Waals surface area contributed by atoms with E-state index in [1.54, 1.807) is 0 Å². The van der Waals surface area contributed by atoms with E-state index in [4.69, 9.17) is 5.73 Å². The number of hydrogen-bond acceptors (Lipinski definition) is 3. The van der Waals surface area contributed by atoms with E-state index >= 15 is 0 Å². The highest BCUT2D eigenvalue weighted by Gasteiger charge is 2.36. The largest absolute Gasteiger partial charge is 0.398 e. The van der Waals surface area contributed by atoms with Gasteiger partial charge in [-0.05, 0) is 22.8 Å². The average molecular weight is 279 g/mol. The monoisotopic (exact) mass is 279 g/mol. The average Bonchev–Trinajstić information content (AvgIpc) is 2.55. The van der Waals surface area contributed by atoms with Crippen molar-refractivity contribution in [3.8, 4) is 0 Å². The van der Waals surface area contributed by atoms with Crippen LogP contribution in [0.4, 0.5) is 5.69 Å². The van der Waals surface area contributed by atoms with Gasteiger partial charge in [0.2, 0.25) is 0 Å². The lowest BCUT2D eigenvalue weighted by molar-refractivity contribution is 0.144. The first-order valence-electron chi connectivity index (χ1n) is 7.72. The molecule has 0 amide bonds. The summed E-state index contributed by atoms with van der Waals surface area (Å²) >= 11 is 0. The lowest BCUT2D eigenvalue weighted by Crippen LogP contribution is -2.50. The van der Waals surface area contributed by atoms with Crippen LogP contribution in [0.2, 0.25) is 0 Å². The molecular formula is C18H21N3. The van der Waals surface area contributed by atoms with E-state index in [1.807, 2.05) is 6.07 Å². The highest BCUT2D eigenvalue weighted by molar-refractivity contribution is 5.57. The van der Waals surface area contributed by atoms with Crippen molar-refractivity contribution >= 4 is 5.69 Å². The van der Waals surface area contributed by atoms with Crippen LogP contribution in [0.3, 0.4) is 0 Å². The molecule has 2 heterocycles. The molecule has 3 heteroatoms. The van der Waals surface area contributed by atoms with Crippen LogP contribution in [0.25, 0.3) is 0 Å². The molecule has 21 heavy (non-hydrogen) atoms. The van der Waals surface area contributed by atoms with Gasteiger partial charge in [0, 0.05) is 43.8 Å². The summed E-state index contributed by atoms with van der Waals surface area (Å²) in [6.45, 7) is 4.26. The Morgan fingerprint density at radius 1 is 1.05 bits per heavy atom. The minimum absolute atomic E-state index is 0.426. The molecule has 2 atom stereocenters. The Morgan fingerprint density at radius 2 is 1.90 bits per heavy atom. The highest BCUT2D eigenvalue weighted by atomic mass is 15.2. The van der Waals surface area contributed by atoms with Crippen LogP contribution in [0.5, 0.6) is 0 Å². The summed E-state index contributed by atoms with van der Waals surface area (Å²) in [6.07, 6.45) is 0. The fourth-order valence-electron chi connectivity index (χ4n) is 3.84. The van der Waals surface area contributed by atoms with Gasteiger partial charge in [-0.25, -0.2) is 0 Å². The van der Waals surface area contributed by atoms with E-state index in [2.05, 4.69) is 52.7 Å². The third-order valence-electron chi connectivity index (χ3n) is 4.86. The van der Waals surface area contributed by atoms with Crippen LogP contribution < -0.4 is 11.1 Å². The van der Waals surface area contributed by atoms with Gasteiger partial charge in [-0.3, -0.25) is 4.90 Å². The van der Waals surface area contributed by atoms with Crippen LogP contribution >= 0.6 is 0 Å². The first-order valence-corrected chi connectivity index (χ1v) is 7.72. The molecule has 0 radical (unpaired) electrons. The SMILES string of the molecule is Nc1cccc2c1[C@H]1CNCCN1C[C@H]2c1ccccc1. The molecule has 0 aromatic heterocycles. The molecule has 2 aromatic rings. The summed E-state index contributed by atoms with van der Waals surface area (Å²) in [6, 6.07) is 17.6. The summed E-state index contributed by atoms with van der Waals surface area (Å²) in [4.78, 5) is 2.59. The molecule has 3 N–H and O–H groups in total. The number of hydrogen-bond donors (Lipinski definition) is 2. The third kappa shape index (κ3) is 2.13. The molecule has 0 unspecified atom stereocenters. The number of fused-ring (bicyclic) bond motifs is 3. The molecule has 1 saturated heterocycles. The molecule has 2 aliphatic rings. The summed E-state index contributed by atoms with van der Waals surface area (Å²) in [5.74, 6) is 0.430. The van der Waals surface area contributed by atoms with Crippen molar-refractivity contribution in [3.05, 3.63) is 65.2 Å². The summed E-state index contributed by atoms with van der Waals surface area (Å²) < 4.78 is 0. The van der Waals surface area contributed by atoms with Crippen molar-refractivity contribution < 1.29 is 0 Å². The molecule has 3 nitrogen and oxygen atoms in total. The maximum atomic E-state index is 6.33. The van der Waals surface area contributed by atoms with Gasteiger partial charge in [0.05, 0.1) is 0 Å². The standard InChI is InChI=1S/C18H21N3/c19-16-8-4-7-14-15(13-5-2-1-3-6-13)12-21-10-9-20-11-17(21)18(14)16/h1-8,15,17,20H,9-12,19H2/t15-,17+/m0/s1. The second kappa shape index (κ2) is 5.17. The normalized spacial score (nSPS) is 25.1. The Bertz CT molecular complexity index is 638. The predicted molar refractivity (Wildman–Crippen MR) is 86.3 cm³/mol. The van der Waals surface area contributed by atoms with Gasteiger partial charge in [-0.1, -0.05) is 42.5 Å². The quantitative estimate of drug-likeness (QED) is 0.787. The van der Waals surface area contributed by atoms with Gasteiger partial charge in [-0.15, -0.1) is 0 Å². The van der Waals surface area contributed by atoms with Gasteiger partial charge in [-0.2, -0.15) is 0 Å². The second-order valence-electron chi connectivity index (χ2n) is 6.03. The Balaban J connectivity index is 1.85. The van der Waals surface area contributed by atoms with Crippen LogP contribution in [0, 0.1) is 0 Å². The Hall–Kier alpha value is -1.84. The molecule has 108 valence electrons. The summed E-state index contributed by atoms with van der Waals surface area (Å²) in [5.41, 5.74) is 11.4. The van der Waals surface area contributed by atoms with Gasteiger partial charge in [0.15, 0.2) is 0 Å². The van der Waals surface area contributed by atoms with Gasteiger partial charge in [0.25, 0.3) is 0 Å². The topological polar surface area (TPSA) is 41.3 Å². The molecule has 0 spiro atoms. The first kappa shape index (κ1) is 12.9. The van der Waals surface area contributed by atoms with Crippen molar-refractivity contribution in [1.29, 1.82) is 0 Å². The molecule has 0 saturated carbocycles. The van der Waals surface area contributed by atoms with E-state index in [9.17, 15) is 0 Å². The maximum Gasteiger partial charge on any atom is 0.0496 e. The van der Waals surface area contributed by atoms with E-state index in [0.29, 0.717) is 12.0 Å². The number of rotatable bonds is 1. The van der Waals surface area contributed by atoms with Gasteiger partial charge in [0.1, 0.15) is 0 Å². The molecular weight excluding hydrogens is 258 g/mol. The van der Waals surface area contributed by atoms with E-state index < -0.39 is 0 Å². The number of anilines is 1. The van der Waals surface area contributed by atoms with Crippen LogP contribution in [-0.2, 0) is 0 Å². The van der Waals surface area contributed by atoms with Crippen molar-refractivity contribution in [3.63, 3.8) is 0 Å². The number of piperazine rings is 1. The Morgan fingerprint density at radius 3 is 2.76 bits per heavy atom. The zero-order chi connectivity index (χ0) is 14.2. The third-order valence-corrected chi connectivity index (χ3v) is 4.86. The van der Waals surface area contributed by atoms with Crippen molar-refractivity contribution in [2.75, 3.05) is 31.9 Å². The van der Waals surface area contributed by atoms with Crippen molar-refractivity contribution in [2.45, 2.75) is 12.0 Å². The molecule has 1 fully saturated rings. The maximum absolute atomic E-state index is 6.33. The second-order valence-corrected chi connectivity index (χ2v) is 6.03. The van der Waals surface area contributed by atoms with Crippen LogP contribution in [0.1, 0.15) is 28.7 Å². The summed E-state index contributed by atoms with van der Waals surface area (Å²) in [7, 11) is 0. The first-order chi connectivity index (χ1) is 10.3. The van der Waals surface area contributed by atoms with E-state index in [-0.39, 0.29) is 0 Å². The number of nitrogens with two attached hydrogens (primary N) is 1. The lowest BCUT2D eigenvalue weighted by Gasteiger charge is -2.44.